The summed E-state index contributed by atoms with van der Waals surface area (Å²) in [6, 6.07) is 12.5. The van der Waals surface area contributed by atoms with E-state index in [4.69, 9.17) is 16.3 Å². The van der Waals surface area contributed by atoms with Crippen molar-refractivity contribution in [2.24, 2.45) is 7.05 Å². The van der Waals surface area contributed by atoms with Gasteiger partial charge >= 0.3 is 5.97 Å². The zero-order valence-corrected chi connectivity index (χ0v) is 16.4. The molecule has 2 heterocycles. The van der Waals surface area contributed by atoms with E-state index in [0.717, 1.165) is 0 Å². The lowest BCUT2D eigenvalue weighted by Crippen LogP contribution is -2.11. The number of esters is 1. The van der Waals surface area contributed by atoms with Gasteiger partial charge in [0.05, 0.1) is 23.1 Å². The number of fused-ring (bicyclic) bond motifs is 1. The molecule has 4 aromatic rings. The predicted octanol–water partition coefficient (Wildman–Crippen LogP) is 4.92. The van der Waals surface area contributed by atoms with Crippen LogP contribution in [0, 0.1) is 5.82 Å². The van der Waals surface area contributed by atoms with Crippen LogP contribution in [0.5, 0.6) is 5.75 Å². The van der Waals surface area contributed by atoms with E-state index in [0.29, 0.717) is 38.6 Å². The van der Waals surface area contributed by atoms with Gasteiger partial charge in [0.2, 0.25) is 5.78 Å². The minimum absolute atomic E-state index is 0.259. The number of hydrogen-bond acceptors (Lipinski definition) is 3. The Labute approximate surface area is 170 Å². The lowest BCUT2D eigenvalue weighted by atomic mass is 10.1. The van der Waals surface area contributed by atoms with E-state index in [1.165, 1.54) is 25.1 Å². The Morgan fingerprint density at radius 3 is 2.59 bits per heavy atom. The summed E-state index contributed by atoms with van der Waals surface area (Å²) in [5.41, 5.74) is 1.68. The fourth-order valence-electron chi connectivity index (χ4n) is 3.34. The largest absolute Gasteiger partial charge is 0.424 e. The second-order valence-corrected chi connectivity index (χ2v) is 7.05. The Morgan fingerprint density at radius 2 is 1.90 bits per heavy atom. The van der Waals surface area contributed by atoms with Gasteiger partial charge in [-0.2, -0.15) is 0 Å². The first-order chi connectivity index (χ1) is 13.8. The van der Waals surface area contributed by atoms with Crippen LogP contribution in [0.2, 0.25) is 5.02 Å². The fourth-order valence-corrected chi connectivity index (χ4v) is 3.50. The normalized spacial score (nSPS) is 11.0. The molecule has 0 saturated heterocycles. The monoisotopic (exact) mass is 410 g/mol. The molecule has 0 aliphatic heterocycles. The van der Waals surface area contributed by atoms with Gasteiger partial charge in [-0.3, -0.25) is 9.59 Å². The highest BCUT2D eigenvalue weighted by molar-refractivity contribution is 6.31. The van der Waals surface area contributed by atoms with Crippen LogP contribution < -0.4 is 4.74 Å². The first-order valence-corrected chi connectivity index (χ1v) is 9.18. The summed E-state index contributed by atoms with van der Waals surface area (Å²) >= 11 is 6.16. The molecule has 0 fully saturated rings. The molecule has 4 rings (SSSR count). The van der Waals surface area contributed by atoms with E-state index in [-0.39, 0.29) is 5.78 Å². The third-order valence-corrected chi connectivity index (χ3v) is 4.86. The summed E-state index contributed by atoms with van der Waals surface area (Å²) in [5.74, 6) is -0.948. The number of carbonyl (C=O) groups is 2. The van der Waals surface area contributed by atoms with Crippen LogP contribution in [0.3, 0.4) is 0 Å². The molecule has 0 unspecified atom stereocenters. The van der Waals surface area contributed by atoms with Gasteiger partial charge in [-0.05, 0) is 48.5 Å². The SMILES string of the molecule is CC(=O)Oc1cn(-c2cc(F)ccc2C(=O)c2cccn2C)c2cc(Cl)ccc12. The minimum atomic E-state index is -0.499. The van der Waals surface area contributed by atoms with Crippen LogP contribution in [0.15, 0.2) is 60.9 Å². The van der Waals surface area contributed by atoms with Crippen LogP contribution >= 0.6 is 11.6 Å². The average Bonchev–Trinajstić information content (AvgIpc) is 3.24. The molecule has 146 valence electrons. The molecular formula is C22H16ClFN2O3. The van der Waals surface area contributed by atoms with Gasteiger partial charge in [-0.1, -0.05) is 11.6 Å². The maximum Gasteiger partial charge on any atom is 0.308 e. The van der Waals surface area contributed by atoms with E-state index in [9.17, 15) is 14.0 Å². The molecule has 29 heavy (non-hydrogen) atoms. The molecule has 0 spiro atoms. The van der Waals surface area contributed by atoms with Crippen molar-refractivity contribution in [3.63, 3.8) is 0 Å². The van der Waals surface area contributed by atoms with Gasteiger partial charge in [0.1, 0.15) is 5.82 Å². The fraction of sp³-hybridized carbons (Fsp3) is 0.0909. The van der Waals surface area contributed by atoms with E-state index in [2.05, 4.69) is 0 Å². The second kappa shape index (κ2) is 7.22. The highest BCUT2D eigenvalue weighted by Gasteiger charge is 2.21. The summed E-state index contributed by atoms with van der Waals surface area (Å²) in [4.78, 5) is 24.7. The van der Waals surface area contributed by atoms with Crippen molar-refractivity contribution in [1.29, 1.82) is 0 Å². The minimum Gasteiger partial charge on any atom is -0.424 e. The molecular weight excluding hydrogens is 395 g/mol. The molecule has 0 aliphatic rings. The highest BCUT2D eigenvalue weighted by atomic mass is 35.5. The predicted molar refractivity (Wildman–Crippen MR) is 108 cm³/mol. The molecule has 0 amide bonds. The average molecular weight is 411 g/mol. The van der Waals surface area contributed by atoms with Gasteiger partial charge in [0.25, 0.3) is 0 Å². The number of halogens is 2. The van der Waals surface area contributed by atoms with Crippen LogP contribution in [-0.4, -0.2) is 20.9 Å². The number of rotatable bonds is 4. The molecule has 5 nitrogen and oxygen atoms in total. The lowest BCUT2D eigenvalue weighted by Gasteiger charge is -2.12. The lowest BCUT2D eigenvalue weighted by molar-refractivity contribution is -0.131. The number of aromatic nitrogens is 2. The van der Waals surface area contributed by atoms with Gasteiger partial charge in [-0.25, -0.2) is 4.39 Å². The molecule has 0 atom stereocenters. The van der Waals surface area contributed by atoms with Crippen molar-refractivity contribution in [2.45, 2.75) is 6.92 Å². The first-order valence-electron chi connectivity index (χ1n) is 8.80. The number of nitrogens with zero attached hydrogens (tertiary/aromatic N) is 2. The Kier molecular flexibility index (Phi) is 4.72. The Balaban J connectivity index is 1.98. The number of ketones is 1. The van der Waals surface area contributed by atoms with Gasteiger partial charge in [0.15, 0.2) is 5.75 Å². The third-order valence-electron chi connectivity index (χ3n) is 4.63. The van der Waals surface area contributed by atoms with Crippen LogP contribution in [0.25, 0.3) is 16.6 Å². The molecule has 0 aliphatic carbocycles. The first kappa shape index (κ1) is 19.0. The van der Waals surface area contributed by atoms with Crippen molar-refractivity contribution < 1.29 is 18.7 Å². The topological polar surface area (TPSA) is 53.2 Å². The van der Waals surface area contributed by atoms with Crippen LogP contribution in [0.4, 0.5) is 4.39 Å². The van der Waals surface area contributed by atoms with Crippen molar-refractivity contribution >= 4 is 34.3 Å². The molecule has 2 aromatic heterocycles. The molecule has 0 N–H and O–H groups in total. The molecule has 7 heteroatoms. The maximum absolute atomic E-state index is 14.2. The zero-order valence-electron chi connectivity index (χ0n) is 15.6. The number of benzene rings is 2. The van der Waals surface area contributed by atoms with Gasteiger partial charge in [-0.15, -0.1) is 0 Å². The second-order valence-electron chi connectivity index (χ2n) is 6.61. The summed E-state index contributed by atoms with van der Waals surface area (Å²) in [7, 11) is 1.76. The van der Waals surface area contributed by atoms with Crippen molar-refractivity contribution in [2.75, 3.05) is 0 Å². The molecule has 0 saturated carbocycles. The Hall–Kier alpha value is -3.38. The van der Waals surface area contributed by atoms with Gasteiger partial charge in [0, 0.05) is 36.1 Å². The summed E-state index contributed by atoms with van der Waals surface area (Å²) < 4.78 is 22.8. The standard InChI is InChI=1S/C22H16ClFN2O3/c1-13(27)29-21-12-26(19-10-14(23)5-7-16(19)21)20-11-15(24)6-8-17(20)22(28)18-4-3-9-25(18)2/h3-12H,1-2H3. The Bertz CT molecular complexity index is 1270. The smallest absolute Gasteiger partial charge is 0.308 e. The van der Waals surface area contributed by atoms with Crippen molar-refractivity contribution in [3.8, 4) is 11.4 Å². The van der Waals surface area contributed by atoms with E-state index >= 15 is 0 Å². The number of aryl methyl sites for hydroxylation is 1. The summed E-state index contributed by atoms with van der Waals surface area (Å²) in [5, 5.41) is 1.07. The quantitative estimate of drug-likeness (QED) is 0.354. The summed E-state index contributed by atoms with van der Waals surface area (Å²) in [6.45, 7) is 1.30. The molecule has 0 bridgehead atoms. The van der Waals surface area contributed by atoms with Crippen LogP contribution in [0.1, 0.15) is 23.0 Å². The number of hydrogen-bond donors (Lipinski definition) is 0. The summed E-state index contributed by atoms with van der Waals surface area (Å²) in [6.07, 6.45) is 3.32. The van der Waals surface area contributed by atoms with Crippen molar-refractivity contribution in [1.82, 2.24) is 9.13 Å². The van der Waals surface area contributed by atoms with E-state index < -0.39 is 11.8 Å². The third kappa shape index (κ3) is 3.43. The van der Waals surface area contributed by atoms with Crippen LogP contribution in [-0.2, 0) is 11.8 Å². The van der Waals surface area contributed by atoms with Crippen molar-refractivity contribution in [3.05, 3.63) is 83.0 Å². The Morgan fingerprint density at radius 1 is 1.10 bits per heavy atom. The maximum atomic E-state index is 14.2. The number of carbonyl (C=O) groups excluding carboxylic acids is 2. The highest BCUT2D eigenvalue weighted by Crippen LogP contribution is 2.34. The van der Waals surface area contributed by atoms with E-state index in [1.807, 2.05) is 0 Å². The van der Waals surface area contributed by atoms with Gasteiger partial charge < -0.3 is 13.9 Å². The van der Waals surface area contributed by atoms with E-state index in [1.54, 1.807) is 58.9 Å². The molecule has 2 aromatic carbocycles. The zero-order chi connectivity index (χ0) is 20.7. The molecule has 0 radical (unpaired) electrons. The number of ether oxygens (including phenoxy) is 1.